The van der Waals surface area contributed by atoms with Gasteiger partial charge in [0.25, 0.3) is 11.5 Å². The largest absolute Gasteiger partial charge is 0.497 e. The summed E-state index contributed by atoms with van der Waals surface area (Å²) in [5, 5.41) is 3.02. The molecule has 160 valence electrons. The number of nitrogens with zero attached hydrogens (tertiary/aromatic N) is 2. The van der Waals surface area contributed by atoms with Crippen molar-refractivity contribution in [1.29, 1.82) is 0 Å². The van der Waals surface area contributed by atoms with Crippen LogP contribution in [0.4, 0.5) is 0 Å². The zero-order chi connectivity index (χ0) is 21.5. The van der Waals surface area contributed by atoms with E-state index in [1.807, 2.05) is 24.3 Å². The molecule has 30 heavy (non-hydrogen) atoms. The number of carbonyl (C=O) groups excluding carboxylic acids is 2. The van der Waals surface area contributed by atoms with Gasteiger partial charge in [-0.3, -0.25) is 14.4 Å². The fourth-order valence-electron chi connectivity index (χ4n) is 3.67. The second-order valence-corrected chi connectivity index (χ2v) is 7.73. The number of rotatable bonds is 7. The number of nitrogens with one attached hydrogen (secondary N) is 1. The van der Waals surface area contributed by atoms with Gasteiger partial charge in [-0.25, -0.2) is 0 Å². The third kappa shape index (κ3) is 5.49. The number of aryl methyl sites for hydroxylation is 2. The molecule has 1 N–H and O–H groups in total. The maximum Gasteiger partial charge on any atom is 0.263 e. The first-order valence-corrected chi connectivity index (χ1v) is 10.3. The minimum atomic E-state index is -0.270. The van der Waals surface area contributed by atoms with Crippen molar-refractivity contribution in [2.45, 2.75) is 25.7 Å². The number of likely N-dealkylation sites (tertiary alicyclic amines) is 1. The van der Waals surface area contributed by atoms with Gasteiger partial charge in [0.2, 0.25) is 5.91 Å². The van der Waals surface area contributed by atoms with Crippen molar-refractivity contribution < 1.29 is 14.3 Å². The van der Waals surface area contributed by atoms with Crippen LogP contribution in [0, 0.1) is 5.92 Å². The van der Waals surface area contributed by atoms with Gasteiger partial charge >= 0.3 is 0 Å². The van der Waals surface area contributed by atoms with Gasteiger partial charge in [0.1, 0.15) is 11.3 Å². The topological polar surface area (TPSA) is 80.6 Å². The van der Waals surface area contributed by atoms with E-state index >= 15 is 0 Å². The first kappa shape index (κ1) is 21.6. The lowest BCUT2D eigenvalue weighted by molar-refractivity contribution is -0.121. The number of pyridine rings is 1. The molecule has 1 saturated heterocycles. The summed E-state index contributed by atoms with van der Waals surface area (Å²) < 4.78 is 6.56. The lowest BCUT2D eigenvalue weighted by Gasteiger charge is -2.32. The van der Waals surface area contributed by atoms with Crippen molar-refractivity contribution in [3.63, 3.8) is 0 Å². The van der Waals surface area contributed by atoms with E-state index in [1.54, 1.807) is 37.4 Å². The van der Waals surface area contributed by atoms with E-state index in [0.717, 1.165) is 24.2 Å². The van der Waals surface area contributed by atoms with Crippen molar-refractivity contribution in [2.75, 3.05) is 26.7 Å². The molecule has 1 aliphatic rings. The zero-order valence-electron chi connectivity index (χ0n) is 17.6. The molecule has 3 rings (SSSR count). The van der Waals surface area contributed by atoms with Crippen LogP contribution in [-0.4, -0.2) is 48.0 Å². The molecule has 0 radical (unpaired) electrons. The summed E-state index contributed by atoms with van der Waals surface area (Å²) in [7, 11) is 3.27. The molecule has 0 spiro atoms. The monoisotopic (exact) mass is 411 g/mol. The minimum Gasteiger partial charge on any atom is -0.497 e. The lowest BCUT2D eigenvalue weighted by atomic mass is 9.96. The molecular weight excluding hydrogens is 382 g/mol. The molecule has 2 aromatic rings. The fraction of sp³-hybridized carbons (Fsp3) is 0.435. The van der Waals surface area contributed by atoms with Gasteiger partial charge in [-0.2, -0.15) is 0 Å². The number of amides is 2. The fourth-order valence-corrected chi connectivity index (χ4v) is 3.67. The molecule has 0 aliphatic carbocycles. The third-order valence-corrected chi connectivity index (χ3v) is 5.64. The maximum absolute atomic E-state index is 12.6. The molecule has 1 aliphatic heterocycles. The Morgan fingerprint density at radius 2 is 1.83 bits per heavy atom. The van der Waals surface area contributed by atoms with Crippen molar-refractivity contribution in [3.8, 4) is 5.75 Å². The van der Waals surface area contributed by atoms with Gasteiger partial charge in [0, 0.05) is 39.3 Å². The van der Waals surface area contributed by atoms with Crippen molar-refractivity contribution in [2.24, 2.45) is 13.0 Å². The molecule has 2 heterocycles. The average molecular weight is 412 g/mol. The van der Waals surface area contributed by atoms with Crippen LogP contribution in [-0.2, 0) is 18.3 Å². The van der Waals surface area contributed by atoms with Crippen LogP contribution in [0.15, 0.2) is 47.4 Å². The molecule has 0 atom stereocenters. The Kier molecular flexibility index (Phi) is 7.27. The summed E-state index contributed by atoms with van der Waals surface area (Å²) in [5.41, 5.74) is 1.05. The zero-order valence-corrected chi connectivity index (χ0v) is 17.6. The van der Waals surface area contributed by atoms with E-state index in [2.05, 4.69) is 5.32 Å². The maximum atomic E-state index is 12.6. The van der Waals surface area contributed by atoms with Gasteiger partial charge in [-0.05, 0) is 55.0 Å². The smallest absolute Gasteiger partial charge is 0.263 e. The predicted octanol–water partition coefficient (Wildman–Crippen LogP) is 2.00. The Bertz CT molecular complexity index is 928. The number of methoxy groups -OCH3 is 1. The van der Waals surface area contributed by atoms with E-state index in [0.29, 0.717) is 38.4 Å². The SMILES string of the molecule is COc1ccc(CCC(=O)NCC2CCN(C(=O)c3cccn(C)c3=O)CC2)cc1. The summed E-state index contributed by atoms with van der Waals surface area (Å²) in [6.07, 6.45) is 4.41. The molecule has 1 aromatic heterocycles. The van der Waals surface area contributed by atoms with Gasteiger partial charge in [0.15, 0.2) is 0 Å². The lowest BCUT2D eigenvalue weighted by Crippen LogP contribution is -2.43. The van der Waals surface area contributed by atoms with E-state index < -0.39 is 0 Å². The van der Waals surface area contributed by atoms with Gasteiger partial charge in [-0.15, -0.1) is 0 Å². The number of hydrogen-bond donors (Lipinski definition) is 1. The van der Waals surface area contributed by atoms with E-state index in [1.165, 1.54) is 4.57 Å². The first-order valence-electron chi connectivity index (χ1n) is 10.3. The molecule has 2 amide bonds. The molecule has 7 heteroatoms. The first-order chi connectivity index (χ1) is 14.5. The van der Waals surface area contributed by atoms with Crippen LogP contribution < -0.4 is 15.6 Å². The van der Waals surface area contributed by atoms with Crippen LogP contribution in [0.1, 0.15) is 35.2 Å². The molecule has 0 bridgehead atoms. The van der Waals surface area contributed by atoms with Crippen molar-refractivity contribution >= 4 is 11.8 Å². The number of aromatic nitrogens is 1. The predicted molar refractivity (Wildman–Crippen MR) is 115 cm³/mol. The molecule has 0 unspecified atom stereocenters. The Morgan fingerprint density at radius 1 is 1.13 bits per heavy atom. The number of hydrogen-bond acceptors (Lipinski definition) is 4. The quantitative estimate of drug-likeness (QED) is 0.756. The Hall–Kier alpha value is -3.09. The van der Waals surface area contributed by atoms with E-state index in [4.69, 9.17) is 4.74 Å². The molecule has 0 saturated carbocycles. The van der Waals surface area contributed by atoms with Crippen molar-refractivity contribution in [3.05, 3.63) is 64.1 Å². The van der Waals surface area contributed by atoms with Crippen LogP contribution in [0.2, 0.25) is 0 Å². The van der Waals surface area contributed by atoms with E-state index in [-0.39, 0.29) is 22.9 Å². The second-order valence-electron chi connectivity index (χ2n) is 7.73. The summed E-state index contributed by atoms with van der Waals surface area (Å²) in [4.78, 5) is 38.7. The van der Waals surface area contributed by atoms with Crippen LogP contribution in [0.3, 0.4) is 0 Å². The Morgan fingerprint density at radius 3 is 2.50 bits per heavy atom. The summed E-state index contributed by atoms with van der Waals surface area (Å²) in [5.74, 6) is 0.980. The highest BCUT2D eigenvalue weighted by Gasteiger charge is 2.25. The molecular formula is C23H29N3O4. The average Bonchev–Trinajstić information content (AvgIpc) is 2.78. The number of piperidine rings is 1. The Balaban J connectivity index is 1.40. The molecule has 7 nitrogen and oxygen atoms in total. The minimum absolute atomic E-state index is 0.0390. The normalized spacial score (nSPS) is 14.4. The summed E-state index contributed by atoms with van der Waals surface area (Å²) in [6.45, 7) is 1.82. The van der Waals surface area contributed by atoms with Crippen LogP contribution in [0.25, 0.3) is 0 Å². The highest BCUT2D eigenvalue weighted by Crippen LogP contribution is 2.18. The van der Waals surface area contributed by atoms with Gasteiger partial charge in [0.05, 0.1) is 7.11 Å². The number of ether oxygens (including phenoxy) is 1. The molecule has 1 aromatic carbocycles. The van der Waals surface area contributed by atoms with Crippen molar-refractivity contribution in [1.82, 2.24) is 14.8 Å². The van der Waals surface area contributed by atoms with Crippen LogP contribution >= 0.6 is 0 Å². The summed E-state index contributed by atoms with van der Waals surface area (Å²) >= 11 is 0. The number of carbonyl (C=O) groups is 2. The third-order valence-electron chi connectivity index (χ3n) is 5.64. The second kappa shape index (κ2) is 10.1. The number of benzene rings is 1. The standard InChI is InChI=1S/C23H29N3O4/c1-25-13-3-4-20(22(25)28)23(29)26-14-11-18(12-15-26)16-24-21(27)10-7-17-5-8-19(30-2)9-6-17/h3-6,8-9,13,18H,7,10-12,14-16H2,1-2H3,(H,24,27). The van der Waals surface area contributed by atoms with E-state index in [9.17, 15) is 14.4 Å². The summed E-state index contributed by atoms with van der Waals surface area (Å²) in [6, 6.07) is 11.0. The van der Waals surface area contributed by atoms with Gasteiger partial charge in [-0.1, -0.05) is 12.1 Å². The molecule has 1 fully saturated rings. The highest BCUT2D eigenvalue weighted by molar-refractivity contribution is 5.93. The highest BCUT2D eigenvalue weighted by atomic mass is 16.5. The Labute approximate surface area is 176 Å². The van der Waals surface area contributed by atoms with Gasteiger partial charge < -0.3 is 19.5 Å². The van der Waals surface area contributed by atoms with Crippen LogP contribution in [0.5, 0.6) is 5.75 Å².